The molecule has 0 aromatic heterocycles. The average molecular weight is 1670 g/mol. The van der Waals surface area contributed by atoms with Gasteiger partial charge in [0.05, 0.1) is 25.9 Å². The van der Waals surface area contributed by atoms with Crippen molar-refractivity contribution in [1.29, 1.82) is 0 Å². The highest BCUT2D eigenvalue weighted by Gasteiger charge is 2.53. The van der Waals surface area contributed by atoms with Crippen molar-refractivity contribution in [2.75, 3.05) is 26.2 Å². The van der Waals surface area contributed by atoms with Crippen molar-refractivity contribution in [2.24, 2.45) is 0 Å². The predicted octanol–water partition coefficient (Wildman–Crippen LogP) is 26.2. The number of amides is 1. The third kappa shape index (κ3) is 70.4. The number of aliphatic hydroxyl groups excluding tert-OH is 1. The maximum absolute atomic E-state index is 15.0. The lowest BCUT2D eigenvalue weighted by Crippen LogP contribution is -2.66. The molecule has 0 aliphatic carbocycles. The van der Waals surface area contributed by atoms with Crippen molar-refractivity contribution in [3.05, 3.63) is 0 Å². The van der Waals surface area contributed by atoms with E-state index in [1.165, 1.54) is 212 Å². The Morgan fingerprint density at radius 1 is 0.328 bits per heavy atom. The van der Waals surface area contributed by atoms with Gasteiger partial charge >= 0.3 is 37.7 Å². The van der Waals surface area contributed by atoms with E-state index in [-0.39, 0.29) is 25.7 Å². The average Bonchev–Trinajstić information content (AvgIpc) is 0.778. The number of ether oxygens (including phenoxy) is 6. The number of aliphatic hydroxyl groups is 1. The maximum Gasteiger partial charge on any atom is 0.470 e. The highest BCUT2D eigenvalue weighted by atomic mass is 31.2. The smallest absolute Gasteiger partial charge is 0.462 e. The second-order valence-electron chi connectivity index (χ2n) is 34.1. The van der Waals surface area contributed by atoms with E-state index in [4.69, 9.17) is 32.9 Å². The van der Waals surface area contributed by atoms with E-state index in [9.17, 15) is 48.2 Å². The molecule has 1 heterocycles. The van der Waals surface area contributed by atoms with E-state index in [1.807, 2.05) is 0 Å². The minimum absolute atomic E-state index is 0.158. The number of phosphoric ester groups is 1. The number of phosphoric acid groups is 1. The lowest BCUT2D eigenvalue weighted by atomic mass is 9.95. The van der Waals surface area contributed by atoms with Crippen molar-refractivity contribution >= 4 is 43.6 Å². The van der Waals surface area contributed by atoms with Gasteiger partial charge in [-0.3, -0.25) is 33.3 Å². The minimum Gasteiger partial charge on any atom is -0.462 e. The largest absolute Gasteiger partial charge is 0.470 e. The highest BCUT2D eigenvalue weighted by Crippen LogP contribution is 2.43. The van der Waals surface area contributed by atoms with Crippen LogP contribution in [0.1, 0.15) is 505 Å². The van der Waals surface area contributed by atoms with Gasteiger partial charge in [-0.1, -0.05) is 409 Å². The maximum atomic E-state index is 15.0. The standard InChI is InChI=1S/C90H170NO17P.C6H15N/c1-7-13-19-25-31-37-40-46-52-58-64-70-82(94)102-77(67-61-55-49-43-34-28-22-16-10-4)73-81(93)91-87-89(106-85(97)74-78(68-62-56-50-44-35-29-23-17-11-5)103-83(95)71-65-59-53-47-41-38-32-26-20-14-8-2)88(108-109(99,100)101)80(76-92)105-90(87)107-86(98)75-79(69-63-57-51-45-36-30-24-18-12-6)104-84(96)72-66-60-54-48-42-39-33-27-21-15-9-3;1-4-7(5-2)6-3/h77-80,87-90,92H,7-76H2,1-6H3,(H,91,93)(H2,99,100,101);4-6H2,1-3H3/t77-,78-,79-,80-,87-,88-,89-,90+;/m1./s1. The van der Waals surface area contributed by atoms with Gasteiger partial charge in [-0.2, -0.15) is 0 Å². The number of hydrogen-bond donors (Lipinski definition) is 4. The molecule has 0 radical (unpaired) electrons. The van der Waals surface area contributed by atoms with E-state index in [0.717, 1.165) is 154 Å². The van der Waals surface area contributed by atoms with Gasteiger partial charge in [0, 0.05) is 19.3 Å². The molecule has 0 spiro atoms. The summed E-state index contributed by atoms with van der Waals surface area (Å²) in [6.45, 7) is 22.4. The molecule has 20 heteroatoms. The van der Waals surface area contributed by atoms with Crippen LogP contribution in [0.5, 0.6) is 0 Å². The molecule has 1 saturated heterocycles. The summed E-state index contributed by atoms with van der Waals surface area (Å²) in [6, 6.07) is -1.75. The van der Waals surface area contributed by atoms with Gasteiger partial charge < -0.3 is 53.5 Å². The van der Waals surface area contributed by atoms with Crippen LogP contribution in [0, 0.1) is 0 Å². The second kappa shape index (κ2) is 82.7. The van der Waals surface area contributed by atoms with Crippen LogP contribution in [0.3, 0.4) is 0 Å². The Balaban J connectivity index is 0.0000180. The monoisotopic (exact) mass is 1670 g/mol. The van der Waals surface area contributed by atoms with Crippen molar-refractivity contribution in [3.63, 3.8) is 0 Å². The van der Waals surface area contributed by atoms with E-state index in [1.54, 1.807) is 0 Å². The SMILES string of the molecule is CCCCCCCCCCCCCC(=O)O[C@H](CCCCCCCCCCC)CC(=O)N[C@H]1[C@H](OC(=O)C[C@@H](CCCCCCCCCCC)OC(=O)CCCCCCCCCCCCC)O[C@H](CO)[C@@H](OP(=O)(O)O)[C@@H]1OC(=O)C[C@@H](CCCCCCCCCCC)OC(=O)CCCCCCCCCCCCC.CCN(CC)CC. The second-order valence-corrected chi connectivity index (χ2v) is 35.3. The van der Waals surface area contributed by atoms with E-state index in [0.29, 0.717) is 57.8 Å². The number of nitrogens with zero attached hydrogens (tertiary/aromatic N) is 1. The van der Waals surface area contributed by atoms with Crippen molar-refractivity contribution in [1.82, 2.24) is 10.2 Å². The molecule has 8 atom stereocenters. The zero-order valence-electron chi connectivity index (χ0n) is 76.7. The predicted molar refractivity (Wildman–Crippen MR) is 476 cm³/mol. The molecule has 1 rings (SSSR count). The summed E-state index contributed by atoms with van der Waals surface area (Å²) in [5.74, 6) is -3.94. The Morgan fingerprint density at radius 2 is 0.569 bits per heavy atom. The molecule has 0 bridgehead atoms. The summed E-state index contributed by atoms with van der Waals surface area (Å²) in [7, 11) is -5.53. The van der Waals surface area contributed by atoms with E-state index < -0.39 is 112 Å². The molecule has 0 unspecified atom stereocenters. The van der Waals surface area contributed by atoms with E-state index >= 15 is 0 Å². The summed E-state index contributed by atoms with van der Waals surface area (Å²) in [5, 5.41) is 13.9. The van der Waals surface area contributed by atoms with Crippen LogP contribution in [0.4, 0.5) is 0 Å². The molecular formula is C96H185N2O17P. The van der Waals surface area contributed by atoms with Crippen LogP contribution in [0.2, 0.25) is 0 Å². The Bertz CT molecular complexity index is 2280. The zero-order valence-corrected chi connectivity index (χ0v) is 77.6. The number of rotatable bonds is 84. The summed E-state index contributed by atoms with van der Waals surface area (Å²) in [5.41, 5.74) is 0. The van der Waals surface area contributed by atoms with Gasteiger partial charge in [-0.15, -0.1) is 0 Å². The normalized spacial score (nSPS) is 16.3. The van der Waals surface area contributed by atoms with Gasteiger partial charge in [0.1, 0.15) is 36.6 Å². The fourth-order valence-electron chi connectivity index (χ4n) is 15.8. The van der Waals surface area contributed by atoms with Crippen molar-refractivity contribution in [2.45, 2.75) is 554 Å². The molecule has 116 heavy (non-hydrogen) atoms. The fraction of sp³-hybridized carbons (Fsp3) is 0.938. The molecular weight excluding hydrogens is 1480 g/mol. The van der Waals surface area contributed by atoms with Crippen molar-refractivity contribution in [3.8, 4) is 0 Å². The van der Waals surface area contributed by atoms with Crippen LogP contribution < -0.4 is 5.32 Å². The molecule has 0 saturated carbocycles. The molecule has 19 nitrogen and oxygen atoms in total. The molecule has 0 aromatic rings. The van der Waals surface area contributed by atoms with Crippen molar-refractivity contribution < 1.29 is 81.2 Å². The quantitative estimate of drug-likeness (QED) is 0.0191. The number of unbranched alkanes of at least 4 members (excludes halogenated alkanes) is 54. The zero-order chi connectivity index (χ0) is 85.4. The van der Waals surface area contributed by atoms with Gasteiger partial charge in [-0.25, -0.2) is 4.57 Å². The number of nitrogens with one attached hydrogen (secondary N) is 1. The Hall–Kier alpha value is -3.19. The first kappa shape index (κ1) is 113. The summed E-state index contributed by atoms with van der Waals surface area (Å²) >= 11 is 0. The third-order valence-corrected chi connectivity index (χ3v) is 23.7. The summed E-state index contributed by atoms with van der Waals surface area (Å²) in [6.07, 6.45) is 55.1. The number of hydrogen-bond acceptors (Lipinski definition) is 16. The van der Waals surface area contributed by atoms with Crippen LogP contribution in [0.15, 0.2) is 0 Å². The first-order chi connectivity index (χ1) is 56.4. The van der Waals surface area contributed by atoms with Crippen LogP contribution in [-0.2, 0) is 66.3 Å². The lowest BCUT2D eigenvalue weighted by molar-refractivity contribution is -0.265. The number of carbonyl (C=O) groups excluding carboxylic acids is 6. The van der Waals surface area contributed by atoms with E-state index in [2.05, 4.69) is 72.5 Å². The van der Waals surface area contributed by atoms with Gasteiger partial charge in [0.15, 0.2) is 6.10 Å². The Kier molecular flexibility index (Phi) is 80.5. The fourth-order valence-corrected chi connectivity index (χ4v) is 16.4. The molecule has 1 aliphatic rings. The first-order valence-corrected chi connectivity index (χ1v) is 50.9. The van der Waals surface area contributed by atoms with Gasteiger partial charge in [-0.05, 0) is 77.4 Å². The van der Waals surface area contributed by atoms with Crippen LogP contribution in [0.25, 0.3) is 0 Å². The molecule has 686 valence electrons. The molecule has 0 aromatic carbocycles. The number of carbonyl (C=O) groups is 6. The van der Waals surface area contributed by atoms with Gasteiger partial charge in [0.2, 0.25) is 12.2 Å². The van der Waals surface area contributed by atoms with Crippen LogP contribution >= 0.6 is 7.82 Å². The summed E-state index contributed by atoms with van der Waals surface area (Å²) < 4.78 is 55.6. The molecule has 1 aliphatic heterocycles. The van der Waals surface area contributed by atoms with Gasteiger partial charge in [0.25, 0.3) is 0 Å². The third-order valence-electron chi connectivity index (χ3n) is 23.2. The lowest BCUT2D eigenvalue weighted by Gasteiger charge is -2.45. The highest BCUT2D eigenvalue weighted by molar-refractivity contribution is 7.46. The first-order valence-electron chi connectivity index (χ1n) is 49.4. The van der Waals surface area contributed by atoms with Crippen LogP contribution in [-0.4, -0.2) is 131 Å². The number of esters is 5. The Labute approximate surface area is 711 Å². The minimum atomic E-state index is -5.53. The Morgan fingerprint density at radius 3 is 0.810 bits per heavy atom. The summed E-state index contributed by atoms with van der Waals surface area (Å²) in [4.78, 5) is 109. The topological polar surface area (TPSA) is 260 Å². The molecule has 4 N–H and O–H groups in total. The molecule has 1 amide bonds. The molecule has 1 fully saturated rings.